The first-order chi connectivity index (χ1) is 9.69. The van der Waals surface area contributed by atoms with Crippen LogP contribution in [0.3, 0.4) is 0 Å². The molecule has 0 aliphatic rings. The molecule has 0 radical (unpaired) electrons. The van der Waals surface area contributed by atoms with Crippen molar-refractivity contribution in [2.24, 2.45) is 0 Å². The second-order valence-electron chi connectivity index (χ2n) is 4.45. The molecule has 3 rings (SSSR count). The van der Waals surface area contributed by atoms with Crippen LogP contribution in [0.5, 0.6) is 0 Å². The van der Waals surface area contributed by atoms with E-state index < -0.39 is 0 Å². The van der Waals surface area contributed by atoms with Gasteiger partial charge in [-0.25, -0.2) is 4.39 Å². The summed E-state index contributed by atoms with van der Waals surface area (Å²) in [6.45, 7) is 2.80. The number of halogens is 2. The third-order valence-corrected chi connectivity index (χ3v) is 5.52. The molecule has 0 aliphatic carbocycles. The summed E-state index contributed by atoms with van der Waals surface area (Å²) in [6, 6.07) is 9.00. The SMILES string of the molecule is CCNC(c1cc2sccc2s1)c1ccc(Cl)cc1F. The van der Waals surface area contributed by atoms with Crippen LogP contribution in [0.25, 0.3) is 9.40 Å². The molecule has 2 heterocycles. The van der Waals surface area contributed by atoms with Crippen LogP contribution >= 0.6 is 34.3 Å². The monoisotopic (exact) mass is 325 g/mol. The van der Waals surface area contributed by atoms with E-state index in [9.17, 15) is 4.39 Å². The highest BCUT2D eigenvalue weighted by Gasteiger charge is 2.19. The van der Waals surface area contributed by atoms with Gasteiger partial charge in [0.05, 0.1) is 6.04 Å². The maximum absolute atomic E-state index is 14.2. The Kier molecular flexibility index (Phi) is 4.08. The standard InChI is InChI=1S/C15H13ClFNS2/c1-2-18-15(10-4-3-9(16)7-11(10)17)14-8-13-12(20-14)5-6-19-13/h3-8,15,18H,2H2,1H3. The molecule has 1 aromatic carbocycles. The van der Waals surface area contributed by atoms with E-state index in [4.69, 9.17) is 11.6 Å². The summed E-state index contributed by atoms with van der Waals surface area (Å²) >= 11 is 9.26. The number of thiophene rings is 2. The molecule has 1 atom stereocenters. The summed E-state index contributed by atoms with van der Waals surface area (Å²) in [5, 5.41) is 5.86. The molecule has 1 unspecified atom stereocenters. The molecule has 5 heteroatoms. The van der Waals surface area contributed by atoms with E-state index in [2.05, 4.69) is 22.8 Å². The number of nitrogens with one attached hydrogen (secondary N) is 1. The number of rotatable bonds is 4. The zero-order valence-corrected chi connectivity index (χ0v) is 13.2. The van der Waals surface area contributed by atoms with Gasteiger partial charge in [-0.3, -0.25) is 0 Å². The van der Waals surface area contributed by atoms with Crippen LogP contribution in [-0.2, 0) is 0 Å². The van der Waals surface area contributed by atoms with Crippen molar-refractivity contribution in [1.82, 2.24) is 5.32 Å². The van der Waals surface area contributed by atoms with Gasteiger partial charge in [0.25, 0.3) is 0 Å². The zero-order valence-electron chi connectivity index (χ0n) is 10.8. The molecule has 1 nitrogen and oxygen atoms in total. The normalized spacial score (nSPS) is 12.9. The smallest absolute Gasteiger partial charge is 0.129 e. The fraction of sp³-hybridized carbons (Fsp3) is 0.200. The first-order valence-corrected chi connectivity index (χ1v) is 8.41. The van der Waals surface area contributed by atoms with E-state index in [1.54, 1.807) is 34.8 Å². The van der Waals surface area contributed by atoms with E-state index >= 15 is 0 Å². The largest absolute Gasteiger partial charge is 0.306 e. The fourth-order valence-electron chi connectivity index (χ4n) is 2.23. The van der Waals surface area contributed by atoms with Crippen LogP contribution in [-0.4, -0.2) is 6.54 Å². The molecule has 2 aromatic heterocycles. The average Bonchev–Trinajstić information content (AvgIpc) is 2.97. The van der Waals surface area contributed by atoms with Crippen molar-refractivity contribution in [2.75, 3.05) is 6.54 Å². The topological polar surface area (TPSA) is 12.0 Å². The summed E-state index contributed by atoms with van der Waals surface area (Å²) in [6.07, 6.45) is 0. The molecule has 20 heavy (non-hydrogen) atoms. The zero-order chi connectivity index (χ0) is 14.1. The van der Waals surface area contributed by atoms with Gasteiger partial charge in [-0.1, -0.05) is 24.6 Å². The molecular weight excluding hydrogens is 313 g/mol. The molecule has 0 aliphatic heterocycles. The van der Waals surface area contributed by atoms with Crippen molar-refractivity contribution in [3.63, 3.8) is 0 Å². The van der Waals surface area contributed by atoms with Crippen molar-refractivity contribution >= 4 is 43.7 Å². The van der Waals surface area contributed by atoms with E-state index in [1.165, 1.54) is 15.5 Å². The maximum Gasteiger partial charge on any atom is 0.129 e. The molecule has 0 spiro atoms. The van der Waals surface area contributed by atoms with Crippen LogP contribution in [0.1, 0.15) is 23.4 Å². The number of hydrogen-bond acceptors (Lipinski definition) is 3. The van der Waals surface area contributed by atoms with Crippen LogP contribution < -0.4 is 5.32 Å². The quantitative estimate of drug-likeness (QED) is 0.672. The van der Waals surface area contributed by atoms with Gasteiger partial charge in [-0.15, -0.1) is 22.7 Å². The summed E-state index contributed by atoms with van der Waals surface area (Å²) in [4.78, 5) is 1.13. The highest BCUT2D eigenvalue weighted by atomic mass is 35.5. The molecular formula is C15H13ClFNS2. The lowest BCUT2D eigenvalue weighted by Gasteiger charge is -2.17. The van der Waals surface area contributed by atoms with Gasteiger partial charge >= 0.3 is 0 Å². The average molecular weight is 326 g/mol. The van der Waals surface area contributed by atoms with Crippen molar-refractivity contribution in [3.8, 4) is 0 Å². The predicted octanol–water partition coefficient (Wildman–Crippen LogP) is 5.45. The Hall–Kier alpha value is -0.940. The van der Waals surface area contributed by atoms with Crippen LogP contribution in [0, 0.1) is 5.82 Å². The van der Waals surface area contributed by atoms with Gasteiger partial charge in [0, 0.05) is 24.9 Å². The Balaban J connectivity index is 2.05. The van der Waals surface area contributed by atoms with Gasteiger partial charge in [0.15, 0.2) is 0 Å². The van der Waals surface area contributed by atoms with E-state index in [0.717, 1.165) is 11.4 Å². The summed E-state index contributed by atoms with van der Waals surface area (Å²) in [5.41, 5.74) is 0.644. The van der Waals surface area contributed by atoms with Gasteiger partial charge in [-0.05, 0) is 36.2 Å². The third kappa shape index (κ3) is 2.61. The van der Waals surface area contributed by atoms with Gasteiger partial charge in [-0.2, -0.15) is 0 Å². The van der Waals surface area contributed by atoms with Crippen molar-refractivity contribution in [2.45, 2.75) is 13.0 Å². The highest BCUT2D eigenvalue weighted by Crippen LogP contribution is 2.36. The fourth-order valence-corrected chi connectivity index (χ4v) is 4.60. The second-order valence-corrected chi connectivity index (χ2v) is 6.95. The second kappa shape index (κ2) is 5.82. The molecule has 0 fully saturated rings. The molecule has 1 N–H and O–H groups in total. The van der Waals surface area contributed by atoms with Gasteiger partial charge in [0.1, 0.15) is 5.82 Å². The summed E-state index contributed by atoms with van der Waals surface area (Å²) in [7, 11) is 0. The van der Waals surface area contributed by atoms with Crippen molar-refractivity contribution in [1.29, 1.82) is 0 Å². The number of hydrogen-bond donors (Lipinski definition) is 1. The lowest BCUT2D eigenvalue weighted by Crippen LogP contribution is -2.22. The molecule has 104 valence electrons. The molecule has 0 bridgehead atoms. The van der Waals surface area contributed by atoms with Gasteiger partial charge < -0.3 is 5.32 Å². The van der Waals surface area contributed by atoms with Crippen molar-refractivity contribution < 1.29 is 4.39 Å². The lowest BCUT2D eigenvalue weighted by molar-refractivity contribution is 0.563. The molecule has 0 saturated heterocycles. The van der Waals surface area contributed by atoms with Crippen LogP contribution in [0.2, 0.25) is 5.02 Å². The van der Waals surface area contributed by atoms with E-state index in [1.807, 2.05) is 6.92 Å². The first kappa shape index (κ1) is 14.0. The van der Waals surface area contributed by atoms with Crippen LogP contribution in [0.4, 0.5) is 4.39 Å². The van der Waals surface area contributed by atoms with Crippen molar-refractivity contribution in [3.05, 3.63) is 57.0 Å². The minimum Gasteiger partial charge on any atom is -0.306 e. The van der Waals surface area contributed by atoms with E-state index in [-0.39, 0.29) is 11.9 Å². The minimum atomic E-state index is -0.264. The molecule has 3 aromatic rings. The number of fused-ring (bicyclic) bond motifs is 1. The minimum absolute atomic E-state index is 0.123. The summed E-state index contributed by atoms with van der Waals surface area (Å²) < 4.78 is 16.7. The number of benzene rings is 1. The van der Waals surface area contributed by atoms with Crippen LogP contribution in [0.15, 0.2) is 35.7 Å². The highest BCUT2D eigenvalue weighted by molar-refractivity contribution is 7.27. The van der Waals surface area contributed by atoms with E-state index in [0.29, 0.717) is 10.6 Å². The summed E-state index contributed by atoms with van der Waals surface area (Å²) in [5.74, 6) is -0.264. The maximum atomic E-state index is 14.2. The Bertz CT molecular complexity index is 706. The molecule has 0 saturated carbocycles. The predicted molar refractivity (Wildman–Crippen MR) is 86.6 cm³/mol. The lowest BCUT2D eigenvalue weighted by atomic mass is 10.0. The van der Waals surface area contributed by atoms with Gasteiger partial charge in [0.2, 0.25) is 0 Å². The Morgan fingerprint density at radius 2 is 2.10 bits per heavy atom. The Morgan fingerprint density at radius 3 is 2.80 bits per heavy atom. The molecule has 0 amide bonds. The Morgan fingerprint density at radius 1 is 1.25 bits per heavy atom. The first-order valence-electron chi connectivity index (χ1n) is 6.34. The Labute approximate surface area is 130 Å². The third-order valence-electron chi connectivity index (χ3n) is 3.12.